The number of sulfone groups is 1. The summed E-state index contributed by atoms with van der Waals surface area (Å²) < 4.78 is 69.2. The maximum Gasteiger partial charge on any atom is 0.338 e. The Kier molecular flexibility index (Phi) is 11.8. The maximum absolute atomic E-state index is 16.2. The molecule has 3 N–H and O–H groups in total. The summed E-state index contributed by atoms with van der Waals surface area (Å²) in [6.07, 6.45) is 2.37. The number of imidazole rings is 1. The number of aromatic nitrogens is 2. The molecule has 0 amide bonds. The van der Waals surface area contributed by atoms with Crippen molar-refractivity contribution in [2.45, 2.75) is 56.8 Å². The van der Waals surface area contributed by atoms with Gasteiger partial charge in [0.2, 0.25) is 0 Å². The zero-order valence-electron chi connectivity index (χ0n) is 29.1. The van der Waals surface area contributed by atoms with E-state index in [1.165, 1.54) is 61.0 Å². The van der Waals surface area contributed by atoms with Gasteiger partial charge in [0.25, 0.3) is 0 Å². The Balaban J connectivity index is 1.50. The molecule has 0 aliphatic carbocycles. The number of carbonyl (C=O) groups is 1. The van der Waals surface area contributed by atoms with Crippen LogP contribution in [0.2, 0.25) is 10.0 Å². The lowest BCUT2D eigenvalue weighted by Gasteiger charge is -2.28. The Bertz CT molecular complexity index is 2290. The molecule has 10 nitrogen and oxygen atoms in total. The third kappa shape index (κ3) is 8.96. The van der Waals surface area contributed by atoms with Crippen molar-refractivity contribution in [3.05, 3.63) is 134 Å². The van der Waals surface area contributed by atoms with Gasteiger partial charge in [0.1, 0.15) is 29.7 Å². The molecular weight excluding hydrogens is 772 g/mol. The predicted molar refractivity (Wildman–Crippen MR) is 198 cm³/mol. The Labute approximate surface area is 316 Å². The molecular formula is C37H35Cl2F2N2O8PS. The lowest BCUT2D eigenvalue weighted by molar-refractivity contribution is 0.0465. The van der Waals surface area contributed by atoms with Crippen LogP contribution in [0.1, 0.15) is 66.3 Å². The molecule has 0 aliphatic rings. The number of benzene rings is 4. The van der Waals surface area contributed by atoms with E-state index in [2.05, 4.69) is 0 Å². The van der Waals surface area contributed by atoms with Gasteiger partial charge in [-0.3, -0.25) is 4.57 Å². The fourth-order valence-electron chi connectivity index (χ4n) is 5.78. The van der Waals surface area contributed by atoms with E-state index in [9.17, 15) is 18.3 Å². The zero-order chi connectivity index (χ0) is 39.0. The van der Waals surface area contributed by atoms with Gasteiger partial charge in [-0.2, -0.15) is 0 Å². The number of ether oxygens (including phenoxy) is 1. The molecule has 0 spiro atoms. The number of hydrogen-bond donors (Lipinski definition) is 3. The van der Waals surface area contributed by atoms with Gasteiger partial charge in [0.15, 0.2) is 9.84 Å². The molecule has 4 aromatic carbocycles. The van der Waals surface area contributed by atoms with Crippen LogP contribution in [0, 0.1) is 11.6 Å². The first-order valence-electron chi connectivity index (χ1n) is 15.8. The molecule has 0 unspecified atom stereocenters. The molecule has 0 bridgehead atoms. The van der Waals surface area contributed by atoms with Crippen molar-refractivity contribution in [3.63, 3.8) is 0 Å². The van der Waals surface area contributed by atoms with E-state index in [0.717, 1.165) is 18.4 Å². The minimum atomic E-state index is -4.09. The van der Waals surface area contributed by atoms with Gasteiger partial charge in [-0.1, -0.05) is 47.5 Å². The topological polar surface area (TPSA) is 148 Å². The number of rotatable bonds is 12. The molecule has 0 fully saturated rings. The Morgan fingerprint density at radius 1 is 0.906 bits per heavy atom. The molecule has 1 heterocycles. The standard InChI is InChI=1S/C37H35Cl2F2N2O8PS/c1-36(2,33-26(38)10-7-11-27(33)39)35-42-32(37(3,4)45)18-43(35)30-13-12-22(15-29(30)41)24-16-28(40)25(31(17-24)53(5,48)49)20-50-34(44)23-9-6-8-21(14-23)19-51-52(46)47/h6-18,45-47H,19-20H2,1-5H3. The van der Waals surface area contributed by atoms with Gasteiger partial charge >= 0.3 is 14.6 Å². The smallest absolute Gasteiger partial charge is 0.338 e. The van der Waals surface area contributed by atoms with Gasteiger partial charge in [0.05, 0.1) is 33.9 Å². The highest BCUT2D eigenvalue weighted by atomic mass is 35.5. The van der Waals surface area contributed by atoms with Gasteiger partial charge in [-0.05, 0) is 92.9 Å². The number of aliphatic hydroxyl groups is 1. The van der Waals surface area contributed by atoms with Crippen molar-refractivity contribution in [3.8, 4) is 16.8 Å². The molecule has 280 valence electrons. The second-order valence-electron chi connectivity index (χ2n) is 13.3. The number of carbonyl (C=O) groups excluding carboxylic acids is 1. The van der Waals surface area contributed by atoms with Crippen molar-refractivity contribution in [1.29, 1.82) is 0 Å². The van der Waals surface area contributed by atoms with Gasteiger partial charge in [0, 0.05) is 33.6 Å². The summed E-state index contributed by atoms with van der Waals surface area (Å²) in [5.41, 5.74) is -1.37. The first-order valence-corrected chi connectivity index (χ1v) is 19.7. The SMILES string of the molecule is CC(C)(O)c1cn(-c2ccc(-c3cc(F)c(COC(=O)c4cccc(COP(O)O)c4)c(S(C)(=O)=O)c3)cc2F)c(C(C)(C)c2c(Cl)cccc2Cl)n1. The summed E-state index contributed by atoms with van der Waals surface area (Å²) >= 11 is 13.2. The summed E-state index contributed by atoms with van der Waals surface area (Å²) in [4.78, 5) is 35.0. The lowest BCUT2D eigenvalue weighted by Crippen LogP contribution is -2.25. The third-order valence-electron chi connectivity index (χ3n) is 8.43. The van der Waals surface area contributed by atoms with Crippen LogP contribution in [0.5, 0.6) is 0 Å². The van der Waals surface area contributed by atoms with E-state index in [0.29, 0.717) is 27.0 Å². The Morgan fingerprint density at radius 2 is 1.55 bits per heavy atom. The van der Waals surface area contributed by atoms with Crippen LogP contribution in [0.25, 0.3) is 16.8 Å². The average molecular weight is 808 g/mol. The van der Waals surface area contributed by atoms with Crippen molar-refractivity contribution >= 4 is 47.6 Å². The molecule has 1 aromatic heterocycles. The van der Waals surface area contributed by atoms with Crippen molar-refractivity contribution in [1.82, 2.24) is 9.55 Å². The third-order valence-corrected chi connectivity index (χ3v) is 10.6. The summed E-state index contributed by atoms with van der Waals surface area (Å²) in [7, 11) is -6.71. The normalized spacial score (nSPS) is 12.4. The van der Waals surface area contributed by atoms with Crippen LogP contribution < -0.4 is 0 Å². The van der Waals surface area contributed by atoms with Crippen LogP contribution in [0.3, 0.4) is 0 Å². The highest BCUT2D eigenvalue weighted by molar-refractivity contribution is 7.90. The van der Waals surface area contributed by atoms with E-state index in [1.807, 2.05) is 13.8 Å². The number of nitrogens with zero attached hydrogens (tertiary/aromatic N) is 2. The fraction of sp³-hybridized carbons (Fsp3) is 0.243. The van der Waals surface area contributed by atoms with E-state index < -0.39 is 64.1 Å². The van der Waals surface area contributed by atoms with E-state index in [4.69, 9.17) is 47.2 Å². The molecule has 5 rings (SSSR count). The number of esters is 1. The van der Waals surface area contributed by atoms with Crippen LogP contribution in [-0.4, -0.2) is 45.1 Å². The largest absolute Gasteiger partial charge is 0.457 e. The molecule has 0 atom stereocenters. The highest BCUT2D eigenvalue weighted by Crippen LogP contribution is 2.42. The predicted octanol–water partition coefficient (Wildman–Crippen LogP) is 8.17. The van der Waals surface area contributed by atoms with E-state index in [-0.39, 0.29) is 34.7 Å². The summed E-state index contributed by atoms with van der Waals surface area (Å²) in [5.74, 6) is -2.36. The van der Waals surface area contributed by atoms with Gasteiger partial charge in [-0.15, -0.1) is 0 Å². The quantitative estimate of drug-likeness (QED) is 0.0839. The highest BCUT2D eigenvalue weighted by Gasteiger charge is 2.36. The Morgan fingerprint density at radius 3 is 2.15 bits per heavy atom. The Hall–Kier alpha value is -3.78. The molecule has 0 aliphatic heterocycles. The average Bonchev–Trinajstić information content (AvgIpc) is 3.53. The first kappa shape index (κ1) is 40.4. The summed E-state index contributed by atoms with van der Waals surface area (Å²) in [6, 6.07) is 17.1. The minimum Gasteiger partial charge on any atom is -0.457 e. The number of halogens is 4. The molecule has 16 heteroatoms. The number of hydrogen-bond acceptors (Lipinski definition) is 9. The maximum atomic E-state index is 16.2. The summed E-state index contributed by atoms with van der Waals surface area (Å²) in [6.45, 7) is 5.77. The van der Waals surface area contributed by atoms with Gasteiger partial charge in [-0.25, -0.2) is 27.0 Å². The summed E-state index contributed by atoms with van der Waals surface area (Å²) in [5, 5.41) is 11.6. The van der Waals surface area contributed by atoms with E-state index >= 15 is 8.78 Å². The van der Waals surface area contributed by atoms with Crippen molar-refractivity contribution in [2.75, 3.05) is 6.26 Å². The lowest BCUT2D eigenvalue weighted by atomic mass is 9.83. The molecule has 5 aromatic rings. The van der Waals surface area contributed by atoms with Crippen LogP contribution in [0.4, 0.5) is 8.78 Å². The second kappa shape index (κ2) is 15.5. The minimum absolute atomic E-state index is 0.0273. The van der Waals surface area contributed by atoms with Crippen molar-refractivity contribution in [2.24, 2.45) is 0 Å². The van der Waals surface area contributed by atoms with Gasteiger partial charge < -0.3 is 24.2 Å². The van der Waals surface area contributed by atoms with Crippen molar-refractivity contribution < 1.29 is 46.1 Å². The monoisotopic (exact) mass is 806 g/mol. The van der Waals surface area contributed by atoms with Crippen LogP contribution >= 0.6 is 31.8 Å². The van der Waals surface area contributed by atoms with E-state index in [1.54, 1.807) is 24.3 Å². The molecule has 0 saturated carbocycles. The molecule has 53 heavy (non-hydrogen) atoms. The van der Waals surface area contributed by atoms with Crippen LogP contribution in [0.15, 0.2) is 83.9 Å². The second-order valence-corrected chi connectivity index (χ2v) is 16.8. The zero-order valence-corrected chi connectivity index (χ0v) is 32.3. The van der Waals surface area contributed by atoms with Crippen LogP contribution in [-0.2, 0) is 43.3 Å². The molecule has 0 saturated heterocycles. The molecule has 0 radical (unpaired) electrons. The fourth-order valence-corrected chi connectivity index (χ4v) is 7.86. The first-order chi connectivity index (χ1) is 24.7.